The molecule has 2 aromatic rings. The van der Waals surface area contributed by atoms with E-state index in [0.717, 1.165) is 22.0 Å². The third-order valence-corrected chi connectivity index (χ3v) is 5.06. The molecular formula is C18H22N2OS. The first-order valence-corrected chi connectivity index (χ1v) is 8.91. The lowest BCUT2D eigenvalue weighted by atomic mass is 9.87. The van der Waals surface area contributed by atoms with Crippen LogP contribution < -0.4 is 5.32 Å². The number of rotatable bonds is 4. The summed E-state index contributed by atoms with van der Waals surface area (Å²) in [5, 5.41) is 6.15. The number of carbonyl (C=O) groups excluding carboxylic acids is 1. The van der Waals surface area contributed by atoms with Gasteiger partial charge in [-0.3, -0.25) is 4.79 Å². The fourth-order valence-corrected chi connectivity index (χ4v) is 3.71. The minimum absolute atomic E-state index is 0.143. The van der Waals surface area contributed by atoms with E-state index in [9.17, 15) is 4.79 Å². The molecule has 3 rings (SSSR count). The normalized spacial score (nSPS) is 15.7. The average molecular weight is 314 g/mol. The minimum atomic E-state index is 0.143. The zero-order chi connectivity index (χ0) is 15.4. The molecule has 0 spiro atoms. The molecule has 0 saturated heterocycles. The molecule has 3 nitrogen and oxygen atoms in total. The van der Waals surface area contributed by atoms with E-state index < -0.39 is 0 Å². The molecule has 1 aliphatic rings. The molecule has 1 N–H and O–H groups in total. The Labute approximate surface area is 135 Å². The molecule has 0 unspecified atom stereocenters. The molecule has 1 heterocycles. The maximum absolute atomic E-state index is 12.1. The molecule has 0 bridgehead atoms. The van der Waals surface area contributed by atoms with Crippen LogP contribution in [0.5, 0.6) is 0 Å². The van der Waals surface area contributed by atoms with Gasteiger partial charge in [0.25, 0.3) is 0 Å². The molecule has 1 amide bonds. The molecule has 116 valence electrons. The third-order valence-electron chi connectivity index (χ3n) is 4.28. The third kappa shape index (κ3) is 3.95. The van der Waals surface area contributed by atoms with Crippen LogP contribution in [0.3, 0.4) is 0 Å². The summed E-state index contributed by atoms with van der Waals surface area (Å²) in [6.07, 6.45) is 6.95. The number of nitrogens with zero attached hydrogens (tertiary/aromatic N) is 1. The highest BCUT2D eigenvalue weighted by Crippen LogP contribution is 2.27. The lowest BCUT2D eigenvalue weighted by Gasteiger charge is -2.20. The minimum Gasteiger partial charge on any atom is -0.326 e. The van der Waals surface area contributed by atoms with Gasteiger partial charge in [-0.15, -0.1) is 11.3 Å². The van der Waals surface area contributed by atoms with Gasteiger partial charge in [0, 0.05) is 23.1 Å². The van der Waals surface area contributed by atoms with Crippen LogP contribution in [-0.2, 0) is 4.79 Å². The molecule has 4 heteroatoms. The van der Waals surface area contributed by atoms with Gasteiger partial charge in [-0.1, -0.05) is 31.4 Å². The molecule has 1 aromatic heterocycles. The van der Waals surface area contributed by atoms with E-state index in [1.807, 2.05) is 31.2 Å². The maximum Gasteiger partial charge on any atom is 0.224 e. The summed E-state index contributed by atoms with van der Waals surface area (Å²) in [4.78, 5) is 16.6. The van der Waals surface area contributed by atoms with Crippen molar-refractivity contribution in [1.29, 1.82) is 0 Å². The van der Waals surface area contributed by atoms with Gasteiger partial charge in [0.05, 0.1) is 10.7 Å². The Bertz CT molecular complexity index is 627. The lowest BCUT2D eigenvalue weighted by molar-refractivity contribution is -0.117. The SMILES string of the molecule is Cc1nc(-c2ccc(NC(=O)CC3CCCCC3)cc2)cs1. The van der Waals surface area contributed by atoms with E-state index in [0.29, 0.717) is 12.3 Å². The van der Waals surface area contributed by atoms with Crippen molar-refractivity contribution in [2.45, 2.75) is 45.4 Å². The molecule has 1 aliphatic carbocycles. The number of hydrogen-bond acceptors (Lipinski definition) is 3. The van der Waals surface area contributed by atoms with Crippen molar-refractivity contribution in [1.82, 2.24) is 4.98 Å². The quantitative estimate of drug-likeness (QED) is 0.860. The lowest BCUT2D eigenvalue weighted by Crippen LogP contribution is -2.18. The predicted octanol–water partition coefficient (Wildman–Crippen LogP) is 5.03. The van der Waals surface area contributed by atoms with Gasteiger partial charge < -0.3 is 5.32 Å². The first-order valence-electron chi connectivity index (χ1n) is 8.03. The topological polar surface area (TPSA) is 42.0 Å². The summed E-state index contributed by atoms with van der Waals surface area (Å²) in [5.41, 5.74) is 2.97. The van der Waals surface area contributed by atoms with Gasteiger partial charge in [0.1, 0.15) is 0 Å². The zero-order valence-corrected chi connectivity index (χ0v) is 13.8. The number of anilines is 1. The van der Waals surface area contributed by atoms with Gasteiger partial charge >= 0.3 is 0 Å². The summed E-state index contributed by atoms with van der Waals surface area (Å²) in [6, 6.07) is 7.96. The van der Waals surface area contributed by atoms with Crippen molar-refractivity contribution in [2.24, 2.45) is 5.92 Å². The average Bonchev–Trinajstić information content (AvgIpc) is 2.95. The number of thiazole rings is 1. The Morgan fingerprint density at radius 2 is 1.95 bits per heavy atom. The van der Waals surface area contributed by atoms with E-state index in [1.165, 1.54) is 32.1 Å². The van der Waals surface area contributed by atoms with Crippen LogP contribution in [0.15, 0.2) is 29.6 Å². The van der Waals surface area contributed by atoms with Crippen LogP contribution in [0.2, 0.25) is 0 Å². The van der Waals surface area contributed by atoms with Crippen molar-refractivity contribution in [3.8, 4) is 11.3 Å². The Kier molecular flexibility index (Phi) is 4.88. The fraction of sp³-hybridized carbons (Fsp3) is 0.444. The number of aryl methyl sites for hydroxylation is 1. The number of carbonyl (C=O) groups is 1. The molecule has 1 saturated carbocycles. The van der Waals surface area contributed by atoms with Gasteiger partial charge in [-0.05, 0) is 37.8 Å². The number of aromatic nitrogens is 1. The van der Waals surface area contributed by atoms with E-state index >= 15 is 0 Å². The van der Waals surface area contributed by atoms with Crippen LogP contribution in [0.1, 0.15) is 43.5 Å². The van der Waals surface area contributed by atoms with Gasteiger partial charge in [-0.2, -0.15) is 0 Å². The molecule has 0 radical (unpaired) electrons. The number of amides is 1. The number of hydrogen-bond donors (Lipinski definition) is 1. The highest BCUT2D eigenvalue weighted by atomic mass is 32.1. The van der Waals surface area contributed by atoms with Crippen LogP contribution >= 0.6 is 11.3 Å². The van der Waals surface area contributed by atoms with Crippen molar-refractivity contribution >= 4 is 22.9 Å². The Balaban J connectivity index is 1.57. The second-order valence-corrected chi connectivity index (χ2v) is 7.15. The second kappa shape index (κ2) is 7.05. The Morgan fingerprint density at radius 3 is 2.59 bits per heavy atom. The van der Waals surface area contributed by atoms with Crippen LogP contribution in [0.25, 0.3) is 11.3 Å². The largest absolute Gasteiger partial charge is 0.326 e. The smallest absolute Gasteiger partial charge is 0.224 e. The Hall–Kier alpha value is -1.68. The first kappa shape index (κ1) is 15.2. The molecular weight excluding hydrogens is 292 g/mol. The fourth-order valence-electron chi connectivity index (χ4n) is 3.09. The van der Waals surface area contributed by atoms with E-state index in [4.69, 9.17) is 0 Å². The molecule has 1 aromatic carbocycles. The van der Waals surface area contributed by atoms with E-state index in [1.54, 1.807) is 11.3 Å². The summed E-state index contributed by atoms with van der Waals surface area (Å²) < 4.78 is 0. The molecule has 1 fully saturated rings. The molecule has 22 heavy (non-hydrogen) atoms. The summed E-state index contributed by atoms with van der Waals surface area (Å²) in [7, 11) is 0. The maximum atomic E-state index is 12.1. The van der Waals surface area contributed by atoms with Crippen molar-refractivity contribution in [3.63, 3.8) is 0 Å². The van der Waals surface area contributed by atoms with Crippen molar-refractivity contribution in [3.05, 3.63) is 34.7 Å². The standard InChI is InChI=1S/C18H22N2OS/c1-13-19-17(12-22-13)15-7-9-16(10-8-15)20-18(21)11-14-5-3-2-4-6-14/h7-10,12,14H,2-6,11H2,1H3,(H,20,21). The van der Waals surface area contributed by atoms with Crippen molar-refractivity contribution in [2.75, 3.05) is 5.32 Å². The molecule has 0 aliphatic heterocycles. The summed E-state index contributed by atoms with van der Waals surface area (Å²) in [6.45, 7) is 2.01. The highest BCUT2D eigenvalue weighted by Gasteiger charge is 2.17. The van der Waals surface area contributed by atoms with Crippen LogP contribution in [-0.4, -0.2) is 10.9 Å². The number of nitrogens with one attached hydrogen (secondary N) is 1. The van der Waals surface area contributed by atoms with Gasteiger partial charge in [0.15, 0.2) is 0 Å². The van der Waals surface area contributed by atoms with Crippen molar-refractivity contribution < 1.29 is 4.79 Å². The summed E-state index contributed by atoms with van der Waals surface area (Å²) in [5.74, 6) is 0.718. The summed E-state index contributed by atoms with van der Waals surface area (Å²) >= 11 is 1.65. The van der Waals surface area contributed by atoms with E-state index in [-0.39, 0.29) is 5.91 Å². The van der Waals surface area contributed by atoms with E-state index in [2.05, 4.69) is 15.7 Å². The Morgan fingerprint density at radius 1 is 1.23 bits per heavy atom. The monoisotopic (exact) mass is 314 g/mol. The second-order valence-electron chi connectivity index (χ2n) is 6.09. The highest BCUT2D eigenvalue weighted by molar-refractivity contribution is 7.09. The molecule has 0 atom stereocenters. The first-order chi connectivity index (χ1) is 10.7. The van der Waals surface area contributed by atoms with Gasteiger partial charge in [0.2, 0.25) is 5.91 Å². The predicted molar refractivity (Wildman–Crippen MR) is 92.1 cm³/mol. The zero-order valence-electron chi connectivity index (χ0n) is 13.0. The van der Waals surface area contributed by atoms with Crippen LogP contribution in [0.4, 0.5) is 5.69 Å². The van der Waals surface area contributed by atoms with Crippen LogP contribution in [0, 0.1) is 12.8 Å². The van der Waals surface area contributed by atoms with Gasteiger partial charge in [-0.25, -0.2) is 4.98 Å². The number of benzene rings is 1.